The molecule has 0 aromatic heterocycles. The molecule has 0 atom stereocenters. The summed E-state index contributed by atoms with van der Waals surface area (Å²) in [7, 11) is 0. The maximum atomic E-state index is 10.6. The first-order valence-electron chi connectivity index (χ1n) is 6.31. The number of nitrogens with zero attached hydrogens (tertiary/aromatic N) is 2. The molecule has 11 heteroatoms. The summed E-state index contributed by atoms with van der Waals surface area (Å²) in [5.74, 6) is 10.5. The highest BCUT2D eigenvalue weighted by Crippen LogP contribution is 1.84. The Labute approximate surface area is 123 Å². The summed E-state index contributed by atoms with van der Waals surface area (Å²) in [4.78, 5) is 21.1. The minimum atomic E-state index is -0.709. The van der Waals surface area contributed by atoms with Gasteiger partial charge in [-0.05, 0) is 0 Å². The van der Waals surface area contributed by atoms with Crippen molar-refractivity contribution in [3.05, 3.63) is 0 Å². The minimum Gasteiger partial charge on any atom is -0.377 e. The van der Waals surface area contributed by atoms with Gasteiger partial charge < -0.3 is 25.7 Å². The van der Waals surface area contributed by atoms with E-state index in [0.29, 0.717) is 26.4 Å². The van der Waals surface area contributed by atoms with Crippen molar-refractivity contribution in [3.63, 3.8) is 0 Å². The van der Waals surface area contributed by atoms with Gasteiger partial charge in [-0.25, -0.2) is 21.3 Å². The second-order valence-electron chi connectivity index (χ2n) is 3.90. The molecular weight excluding hydrogens is 284 g/mol. The van der Waals surface area contributed by atoms with E-state index in [-0.39, 0.29) is 26.3 Å². The number of carbonyl (C=O) groups is 2. The Morgan fingerprint density at radius 2 is 0.952 bits per heavy atom. The number of hydrogen-bond donors (Lipinski definition) is 4. The third kappa shape index (κ3) is 11.8. The molecule has 0 saturated heterocycles. The first kappa shape index (κ1) is 19.3. The molecule has 0 aromatic rings. The lowest BCUT2D eigenvalue weighted by Gasteiger charge is -2.14. The second kappa shape index (κ2) is 12.1. The van der Waals surface area contributed by atoms with E-state index in [2.05, 4.69) is 0 Å². The fourth-order valence-corrected chi connectivity index (χ4v) is 1.09. The number of ether oxygens (including phenoxy) is 3. The summed E-state index contributed by atoms with van der Waals surface area (Å²) in [5.41, 5.74) is 9.85. The van der Waals surface area contributed by atoms with Crippen molar-refractivity contribution in [2.75, 3.05) is 52.7 Å². The normalized spacial score (nSPS) is 10.4. The van der Waals surface area contributed by atoms with Gasteiger partial charge in [0, 0.05) is 0 Å². The molecule has 0 aliphatic carbocycles. The molecule has 0 radical (unpaired) electrons. The van der Waals surface area contributed by atoms with Gasteiger partial charge in [-0.1, -0.05) is 0 Å². The van der Waals surface area contributed by atoms with Gasteiger partial charge in [-0.15, -0.1) is 0 Å². The lowest BCUT2D eigenvalue weighted by molar-refractivity contribution is 0.00992. The molecule has 0 aliphatic rings. The molecule has 4 amide bonds. The molecule has 0 fully saturated rings. The van der Waals surface area contributed by atoms with Gasteiger partial charge in [-0.2, -0.15) is 0 Å². The maximum Gasteiger partial charge on any atom is 0.328 e. The van der Waals surface area contributed by atoms with Gasteiger partial charge in [0.15, 0.2) is 0 Å². The lowest BCUT2D eigenvalue weighted by Crippen LogP contribution is -2.43. The summed E-state index contributed by atoms with van der Waals surface area (Å²) >= 11 is 0. The van der Waals surface area contributed by atoms with Crippen molar-refractivity contribution in [2.45, 2.75) is 0 Å². The number of rotatable bonds is 12. The van der Waals surface area contributed by atoms with Crippen molar-refractivity contribution >= 4 is 12.1 Å². The average molecular weight is 308 g/mol. The summed E-state index contributed by atoms with van der Waals surface area (Å²) in [5, 5.41) is 1.73. The number of nitrogens with two attached hydrogens (primary N) is 4. The summed E-state index contributed by atoms with van der Waals surface area (Å²) in [6.07, 6.45) is 0. The van der Waals surface area contributed by atoms with Crippen molar-refractivity contribution < 1.29 is 23.8 Å². The van der Waals surface area contributed by atoms with Crippen molar-refractivity contribution in [2.24, 2.45) is 23.2 Å². The quantitative estimate of drug-likeness (QED) is 0.134. The number of hydrogen-bond acceptors (Lipinski definition) is 7. The molecule has 0 aromatic carbocycles. The van der Waals surface area contributed by atoms with E-state index in [1.807, 2.05) is 0 Å². The predicted molar refractivity (Wildman–Crippen MR) is 73.4 cm³/mol. The summed E-state index contributed by atoms with van der Waals surface area (Å²) in [6, 6.07) is -1.42. The largest absolute Gasteiger partial charge is 0.377 e. The van der Waals surface area contributed by atoms with Crippen LogP contribution in [0.25, 0.3) is 0 Å². The molecule has 11 nitrogen and oxygen atoms in total. The van der Waals surface area contributed by atoms with E-state index < -0.39 is 12.1 Å². The highest BCUT2D eigenvalue weighted by atomic mass is 16.5. The van der Waals surface area contributed by atoms with E-state index in [0.717, 1.165) is 10.0 Å². The smallest absolute Gasteiger partial charge is 0.328 e. The SMILES string of the molecule is NC(=O)N(N)CCOCCOCCOCCN(N)C(N)=O. The van der Waals surface area contributed by atoms with E-state index in [9.17, 15) is 9.59 Å². The molecule has 0 heterocycles. The Kier molecular flexibility index (Phi) is 11.2. The van der Waals surface area contributed by atoms with Gasteiger partial charge in [0.05, 0.1) is 52.7 Å². The van der Waals surface area contributed by atoms with E-state index in [4.69, 9.17) is 37.4 Å². The third-order valence-electron chi connectivity index (χ3n) is 2.26. The van der Waals surface area contributed by atoms with Crippen LogP contribution in [0.15, 0.2) is 0 Å². The predicted octanol–water partition coefficient (Wildman–Crippen LogP) is -2.45. The fraction of sp³-hybridized carbons (Fsp3) is 0.800. The number of carbonyl (C=O) groups excluding carboxylic acids is 2. The average Bonchev–Trinajstić information content (AvgIpc) is 2.43. The van der Waals surface area contributed by atoms with E-state index >= 15 is 0 Å². The van der Waals surface area contributed by atoms with Crippen molar-refractivity contribution in [3.8, 4) is 0 Å². The second-order valence-corrected chi connectivity index (χ2v) is 3.90. The minimum absolute atomic E-state index is 0.216. The van der Waals surface area contributed by atoms with Gasteiger partial charge in [-0.3, -0.25) is 10.0 Å². The zero-order valence-electron chi connectivity index (χ0n) is 11.9. The van der Waals surface area contributed by atoms with Crippen LogP contribution >= 0.6 is 0 Å². The molecule has 0 bridgehead atoms. The monoisotopic (exact) mass is 308 g/mol. The molecular formula is C10H24N6O5. The molecule has 0 aliphatic heterocycles. The van der Waals surface area contributed by atoms with Gasteiger partial charge in [0.25, 0.3) is 0 Å². The van der Waals surface area contributed by atoms with Gasteiger partial charge in [0.2, 0.25) is 0 Å². The van der Waals surface area contributed by atoms with E-state index in [1.165, 1.54) is 0 Å². The third-order valence-corrected chi connectivity index (χ3v) is 2.26. The van der Waals surface area contributed by atoms with Crippen LogP contribution in [0.4, 0.5) is 9.59 Å². The fourth-order valence-electron chi connectivity index (χ4n) is 1.09. The van der Waals surface area contributed by atoms with Crippen LogP contribution in [0.1, 0.15) is 0 Å². The zero-order chi connectivity index (χ0) is 16.1. The molecule has 21 heavy (non-hydrogen) atoms. The molecule has 124 valence electrons. The number of primary amides is 2. The first-order chi connectivity index (χ1) is 9.95. The van der Waals surface area contributed by atoms with Crippen LogP contribution in [-0.2, 0) is 14.2 Å². The standard InChI is InChI=1S/C10H24N6O5/c11-9(17)15(13)1-3-19-5-7-21-8-6-20-4-2-16(14)10(12)18/h1-8,13-14H2,(H2,11,17)(H2,12,18). The van der Waals surface area contributed by atoms with Crippen LogP contribution in [0, 0.1) is 0 Å². The maximum absolute atomic E-state index is 10.6. The molecule has 0 spiro atoms. The highest BCUT2D eigenvalue weighted by molar-refractivity contribution is 5.71. The van der Waals surface area contributed by atoms with Crippen LogP contribution in [-0.4, -0.2) is 74.8 Å². The molecule has 0 saturated carbocycles. The van der Waals surface area contributed by atoms with Gasteiger partial charge >= 0.3 is 12.1 Å². The van der Waals surface area contributed by atoms with Crippen LogP contribution in [0.5, 0.6) is 0 Å². The lowest BCUT2D eigenvalue weighted by atomic mass is 10.6. The summed E-state index contributed by atoms with van der Waals surface area (Å²) < 4.78 is 15.6. The Balaban J connectivity index is 3.19. The van der Waals surface area contributed by atoms with Crippen LogP contribution in [0.2, 0.25) is 0 Å². The Morgan fingerprint density at radius 3 is 1.24 bits per heavy atom. The topological polar surface area (TPSA) is 172 Å². The Bertz CT molecular complexity index is 278. The molecule has 0 rings (SSSR count). The number of urea groups is 2. The van der Waals surface area contributed by atoms with Crippen molar-refractivity contribution in [1.82, 2.24) is 10.0 Å². The number of hydrazine groups is 2. The van der Waals surface area contributed by atoms with Crippen molar-refractivity contribution in [1.29, 1.82) is 0 Å². The number of amides is 4. The van der Waals surface area contributed by atoms with Crippen LogP contribution < -0.4 is 23.2 Å². The Morgan fingerprint density at radius 1 is 0.667 bits per heavy atom. The Hall–Kier alpha value is -1.66. The van der Waals surface area contributed by atoms with E-state index in [1.54, 1.807) is 0 Å². The zero-order valence-corrected chi connectivity index (χ0v) is 11.9. The first-order valence-corrected chi connectivity index (χ1v) is 6.31. The summed E-state index contributed by atoms with van der Waals surface area (Å²) in [6.45, 7) is 2.48. The molecule has 0 unspecified atom stereocenters. The molecule has 8 N–H and O–H groups in total. The highest BCUT2D eigenvalue weighted by Gasteiger charge is 2.03. The van der Waals surface area contributed by atoms with Gasteiger partial charge in [0.1, 0.15) is 0 Å². The van der Waals surface area contributed by atoms with Crippen LogP contribution in [0.3, 0.4) is 0 Å².